The second-order valence-electron chi connectivity index (χ2n) is 6.68. The van der Waals surface area contributed by atoms with E-state index in [0.717, 1.165) is 19.3 Å². The first-order valence-electron chi connectivity index (χ1n) is 9.43. The largest absolute Gasteiger partial charge is 0.476 e. The first kappa shape index (κ1) is 20.3. The molecule has 2 aromatic rings. The van der Waals surface area contributed by atoms with Crippen molar-refractivity contribution in [3.8, 4) is 5.88 Å². The van der Waals surface area contributed by atoms with Gasteiger partial charge < -0.3 is 10.1 Å². The van der Waals surface area contributed by atoms with Crippen LogP contribution in [0, 0.1) is 6.92 Å². The zero-order valence-corrected chi connectivity index (χ0v) is 17.0. The van der Waals surface area contributed by atoms with Gasteiger partial charge in [-0.2, -0.15) is 4.31 Å². The van der Waals surface area contributed by atoms with E-state index < -0.39 is 15.9 Å². The van der Waals surface area contributed by atoms with E-state index in [9.17, 15) is 13.2 Å². The Kier molecular flexibility index (Phi) is 6.31. The predicted molar refractivity (Wildman–Crippen MR) is 107 cm³/mol. The first-order valence-corrected chi connectivity index (χ1v) is 10.9. The third kappa shape index (κ3) is 4.34. The van der Waals surface area contributed by atoms with Crippen LogP contribution in [-0.4, -0.2) is 43.3 Å². The maximum Gasteiger partial charge on any atom is 0.256 e. The number of piperidine rings is 1. The normalized spacial score (nSPS) is 15.2. The Morgan fingerprint density at radius 2 is 1.96 bits per heavy atom. The van der Waals surface area contributed by atoms with Gasteiger partial charge in [0, 0.05) is 24.8 Å². The van der Waals surface area contributed by atoms with Crippen molar-refractivity contribution < 1.29 is 17.9 Å². The number of carbonyl (C=O) groups is 1. The van der Waals surface area contributed by atoms with Crippen molar-refractivity contribution in [2.75, 3.05) is 25.0 Å². The minimum atomic E-state index is -3.61. The number of ether oxygens (including phenoxy) is 1. The zero-order chi connectivity index (χ0) is 20.1. The van der Waals surface area contributed by atoms with Crippen molar-refractivity contribution in [1.82, 2.24) is 9.29 Å². The van der Waals surface area contributed by atoms with Gasteiger partial charge in [0.05, 0.1) is 11.5 Å². The Morgan fingerprint density at radius 1 is 1.21 bits per heavy atom. The molecule has 1 aromatic heterocycles. The Morgan fingerprint density at radius 3 is 2.68 bits per heavy atom. The standard InChI is InChI=1S/C20H25N3O4S/c1-3-27-20-18(8-7-11-21-20)22-19(24)17-14-16(10-9-15(17)2)28(25,26)23-12-5-4-6-13-23/h7-11,14H,3-6,12-13H2,1-2H3,(H,22,24). The number of aryl methyl sites for hydroxylation is 1. The van der Waals surface area contributed by atoms with Crippen LogP contribution in [0.2, 0.25) is 0 Å². The van der Waals surface area contributed by atoms with Crippen molar-refractivity contribution in [1.29, 1.82) is 0 Å². The van der Waals surface area contributed by atoms with Gasteiger partial charge in [-0.05, 0) is 56.5 Å². The van der Waals surface area contributed by atoms with Crippen LogP contribution in [0.5, 0.6) is 5.88 Å². The zero-order valence-electron chi connectivity index (χ0n) is 16.1. The fourth-order valence-electron chi connectivity index (χ4n) is 3.19. The number of rotatable bonds is 6. The summed E-state index contributed by atoms with van der Waals surface area (Å²) in [6, 6.07) is 8.07. The average Bonchev–Trinajstić information content (AvgIpc) is 2.70. The number of nitrogens with zero attached hydrogens (tertiary/aromatic N) is 2. The quantitative estimate of drug-likeness (QED) is 0.800. The van der Waals surface area contributed by atoms with Crippen LogP contribution in [0.1, 0.15) is 42.1 Å². The number of pyridine rings is 1. The molecular formula is C20H25N3O4S. The van der Waals surface area contributed by atoms with Crippen LogP contribution in [0.4, 0.5) is 5.69 Å². The molecule has 0 atom stereocenters. The molecule has 1 N–H and O–H groups in total. The molecule has 0 saturated carbocycles. The molecule has 3 rings (SSSR count). The topological polar surface area (TPSA) is 88.6 Å². The molecular weight excluding hydrogens is 378 g/mol. The summed E-state index contributed by atoms with van der Waals surface area (Å²) in [5.41, 5.74) is 1.44. The fraction of sp³-hybridized carbons (Fsp3) is 0.400. The Labute approximate surface area is 165 Å². The first-order chi connectivity index (χ1) is 13.4. The van der Waals surface area contributed by atoms with E-state index in [0.29, 0.717) is 42.4 Å². The van der Waals surface area contributed by atoms with Gasteiger partial charge in [-0.15, -0.1) is 0 Å². The van der Waals surface area contributed by atoms with Crippen molar-refractivity contribution in [3.63, 3.8) is 0 Å². The van der Waals surface area contributed by atoms with Gasteiger partial charge in [0.15, 0.2) is 0 Å². The highest BCUT2D eigenvalue weighted by molar-refractivity contribution is 7.89. The second kappa shape index (κ2) is 8.70. The van der Waals surface area contributed by atoms with Gasteiger partial charge in [-0.3, -0.25) is 4.79 Å². The molecule has 1 aliphatic rings. The lowest BCUT2D eigenvalue weighted by atomic mass is 10.1. The summed E-state index contributed by atoms with van der Waals surface area (Å²) >= 11 is 0. The van der Waals surface area contributed by atoms with Gasteiger partial charge in [-0.1, -0.05) is 12.5 Å². The summed E-state index contributed by atoms with van der Waals surface area (Å²) in [5, 5.41) is 2.78. The van der Waals surface area contributed by atoms with Crippen LogP contribution >= 0.6 is 0 Å². The summed E-state index contributed by atoms with van der Waals surface area (Å²) in [6.45, 7) is 5.07. The second-order valence-corrected chi connectivity index (χ2v) is 8.62. The lowest BCUT2D eigenvalue weighted by Crippen LogP contribution is -2.35. The molecule has 1 amide bonds. The van der Waals surface area contributed by atoms with Crippen LogP contribution in [0.15, 0.2) is 41.4 Å². The third-order valence-corrected chi connectivity index (χ3v) is 6.60. The van der Waals surface area contributed by atoms with Gasteiger partial charge in [0.25, 0.3) is 5.91 Å². The Hall–Kier alpha value is -2.45. The SMILES string of the molecule is CCOc1ncccc1NC(=O)c1cc(S(=O)(=O)N2CCCCC2)ccc1C. The fourth-order valence-corrected chi connectivity index (χ4v) is 4.73. The minimum Gasteiger partial charge on any atom is -0.476 e. The molecule has 1 aliphatic heterocycles. The smallest absolute Gasteiger partial charge is 0.256 e. The third-order valence-electron chi connectivity index (χ3n) is 4.71. The number of hydrogen-bond donors (Lipinski definition) is 1. The predicted octanol–water partition coefficient (Wildman–Crippen LogP) is 3.22. The van der Waals surface area contributed by atoms with Gasteiger partial charge in [-0.25, -0.2) is 13.4 Å². The van der Waals surface area contributed by atoms with E-state index >= 15 is 0 Å². The number of amides is 1. The van der Waals surface area contributed by atoms with E-state index in [2.05, 4.69) is 10.3 Å². The molecule has 0 radical (unpaired) electrons. The Balaban J connectivity index is 1.88. The number of hydrogen-bond acceptors (Lipinski definition) is 5. The summed E-state index contributed by atoms with van der Waals surface area (Å²) in [4.78, 5) is 17.1. The highest BCUT2D eigenvalue weighted by Crippen LogP contribution is 2.25. The minimum absolute atomic E-state index is 0.140. The van der Waals surface area contributed by atoms with Gasteiger partial charge in [0.2, 0.25) is 15.9 Å². The van der Waals surface area contributed by atoms with E-state index in [4.69, 9.17) is 4.74 Å². The molecule has 0 unspecified atom stereocenters. The number of aromatic nitrogens is 1. The number of nitrogens with one attached hydrogen (secondary N) is 1. The van der Waals surface area contributed by atoms with Crippen molar-refractivity contribution in [3.05, 3.63) is 47.7 Å². The number of sulfonamides is 1. The highest BCUT2D eigenvalue weighted by Gasteiger charge is 2.27. The monoisotopic (exact) mass is 403 g/mol. The molecule has 0 spiro atoms. The van der Waals surface area contributed by atoms with E-state index in [-0.39, 0.29) is 4.90 Å². The van der Waals surface area contributed by atoms with Crippen molar-refractivity contribution >= 4 is 21.6 Å². The molecule has 28 heavy (non-hydrogen) atoms. The lowest BCUT2D eigenvalue weighted by molar-refractivity contribution is 0.102. The Bertz CT molecular complexity index is 954. The van der Waals surface area contributed by atoms with Crippen molar-refractivity contribution in [2.45, 2.75) is 38.0 Å². The van der Waals surface area contributed by atoms with Gasteiger partial charge in [0.1, 0.15) is 5.69 Å². The van der Waals surface area contributed by atoms with Crippen LogP contribution in [0.25, 0.3) is 0 Å². The molecule has 1 fully saturated rings. The highest BCUT2D eigenvalue weighted by atomic mass is 32.2. The molecule has 8 heteroatoms. The van der Waals surface area contributed by atoms with E-state index in [1.807, 2.05) is 6.92 Å². The molecule has 1 aromatic carbocycles. The van der Waals surface area contributed by atoms with E-state index in [1.54, 1.807) is 37.4 Å². The van der Waals surface area contributed by atoms with Crippen molar-refractivity contribution in [2.24, 2.45) is 0 Å². The molecule has 150 valence electrons. The summed E-state index contributed by atoms with van der Waals surface area (Å²) in [7, 11) is -3.61. The van der Waals surface area contributed by atoms with Gasteiger partial charge >= 0.3 is 0 Å². The average molecular weight is 404 g/mol. The van der Waals surface area contributed by atoms with Crippen LogP contribution < -0.4 is 10.1 Å². The summed E-state index contributed by atoms with van der Waals surface area (Å²) in [5.74, 6) is -0.0738. The number of benzene rings is 1. The number of carbonyl (C=O) groups excluding carboxylic acids is 1. The molecule has 0 aliphatic carbocycles. The lowest BCUT2D eigenvalue weighted by Gasteiger charge is -2.26. The molecule has 1 saturated heterocycles. The summed E-state index contributed by atoms with van der Waals surface area (Å²) < 4.78 is 32.8. The van der Waals surface area contributed by atoms with Crippen LogP contribution in [0.3, 0.4) is 0 Å². The maximum absolute atomic E-state index is 12.9. The number of anilines is 1. The molecule has 2 heterocycles. The van der Waals surface area contributed by atoms with Crippen LogP contribution in [-0.2, 0) is 10.0 Å². The molecule has 0 bridgehead atoms. The maximum atomic E-state index is 12.9. The summed E-state index contributed by atoms with van der Waals surface area (Å²) in [6.07, 6.45) is 4.35. The molecule has 7 nitrogen and oxygen atoms in total. The van der Waals surface area contributed by atoms with E-state index in [1.165, 1.54) is 10.4 Å².